The topological polar surface area (TPSA) is 95.0 Å². The third kappa shape index (κ3) is 3.11. The lowest BCUT2D eigenvalue weighted by atomic mass is 10.1. The Bertz CT molecular complexity index is 969. The largest absolute Gasteiger partial charge is 0.345 e. The quantitative estimate of drug-likeness (QED) is 0.739. The number of nitrogens with zero attached hydrogens (tertiary/aromatic N) is 6. The standard InChI is InChI=1S/C16H24N6O3S/c1-19-10-15(17-11-19)26(24,25)20(2)13-5-6-14-18-22(9-12-3-4-12)16(23)21(14)8-7-13/h10-13H,3-9H2,1-2H3. The smallest absolute Gasteiger partial charge is 0.339 e. The van der Waals surface area contributed by atoms with E-state index in [0.29, 0.717) is 38.3 Å². The zero-order valence-electron chi connectivity index (χ0n) is 15.1. The molecule has 0 saturated heterocycles. The summed E-state index contributed by atoms with van der Waals surface area (Å²) in [6.45, 7) is 1.20. The van der Waals surface area contributed by atoms with E-state index in [1.54, 1.807) is 27.9 Å². The van der Waals surface area contributed by atoms with E-state index in [1.165, 1.54) is 29.7 Å². The van der Waals surface area contributed by atoms with Crippen LogP contribution < -0.4 is 5.69 Å². The first-order valence-corrected chi connectivity index (χ1v) is 10.4. The van der Waals surface area contributed by atoms with Gasteiger partial charge in [0.25, 0.3) is 10.0 Å². The van der Waals surface area contributed by atoms with Gasteiger partial charge in [0, 0.05) is 45.8 Å². The lowest BCUT2D eigenvalue weighted by molar-refractivity contribution is 0.327. The van der Waals surface area contributed by atoms with Crippen LogP contribution in [0.15, 0.2) is 22.3 Å². The molecule has 2 aromatic rings. The maximum Gasteiger partial charge on any atom is 0.345 e. The highest BCUT2D eigenvalue weighted by molar-refractivity contribution is 7.89. The highest BCUT2D eigenvalue weighted by Crippen LogP contribution is 2.30. The van der Waals surface area contributed by atoms with Crippen molar-refractivity contribution in [1.29, 1.82) is 0 Å². The fourth-order valence-electron chi connectivity index (χ4n) is 3.51. The number of aromatic nitrogens is 5. The maximum atomic E-state index is 12.8. The van der Waals surface area contributed by atoms with Gasteiger partial charge in [0.1, 0.15) is 5.82 Å². The van der Waals surface area contributed by atoms with Crippen molar-refractivity contribution < 1.29 is 8.42 Å². The lowest BCUT2D eigenvalue weighted by Crippen LogP contribution is -2.38. The highest BCUT2D eigenvalue weighted by Gasteiger charge is 2.32. The van der Waals surface area contributed by atoms with Gasteiger partial charge in [-0.1, -0.05) is 0 Å². The van der Waals surface area contributed by atoms with E-state index in [1.807, 2.05) is 0 Å². The van der Waals surface area contributed by atoms with Crippen LogP contribution in [0.5, 0.6) is 0 Å². The summed E-state index contributed by atoms with van der Waals surface area (Å²) >= 11 is 0. The Labute approximate surface area is 152 Å². The van der Waals surface area contributed by atoms with Gasteiger partial charge in [0.15, 0.2) is 5.03 Å². The molecule has 1 unspecified atom stereocenters. The number of hydrogen-bond donors (Lipinski definition) is 0. The summed E-state index contributed by atoms with van der Waals surface area (Å²) in [6, 6.07) is -0.181. The minimum atomic E-state index is -3.64. The Balaban J connectivity index is 1.51. The molecular weight excluding hydrogens is 356 g/mol. The summed E-state index contributed by atoms with van der Waals surface area (Å²) < 4.78 is 31.9. The molecule has 0 N–H and O–H groups in total. The average Bonchev–Trinajstić information content (AvgIpc) is 3.29. The molecule has 9 nitrogen and oxygen atoms in total. The molecule has 0 bridgehead atoms. The Kier molecular flexibility index (Phi) is 4.26. The monoisotopic (exact) mass is 380 g/mol. The van der Waals surface area contributed by atoms with Crippen LogP contribution in [0.25, 0.3) is 0 Å². The van der Waals surface area contributed by atoms with Crippen LogP contribution in [-0.4, -0.2) is 49.7 Å². The molecule has 3 heterocycles. The maximum absolute atomic E-state index is 12.8. The Morgan fingerprint density at radius 3 is 2.69 bits per heavy atom. The molecule has 4 rings (SSSR count). The molecule has 1 atom stereocenters. The fourth-order valence-corrected chi connectivity index (χ4v) is 4.89. The van der Waals surface area contributed by atoms with Crippen molar-refractivity contribution in [2.24, 2.45) is 13.0 Å². The van der Waals surface area contributed by atoms with Gasteiger partial charge < -0.3 is 4.57 Å². The van der Waals surface area contributed by atoms with Gasteiger partial charge in [0.05, 0.1) is 6.33 Å². The van der Waals surface area contributed by atoms with Gasteiger partial charge in [-0.25, -0.2) is 22.9 Å². The number of aryl methyl sites for hydroxylation is 2. The van der Waals surface area contributed by atoms with E-state index in [-0.39, 0.29) is 16.8 Å². The fraction of sp³-hybridized carbons (Fsp3) is 0.688. The Morgan fingerprint density at radius 2 is 2.04 bits per heavy atom. The van der Waals surface area contributed by atoms with Crippen molar-refractivity contribution in [3.05, 3.63) is 28.8 Å². The molecule has 2 aliphatic rings. The van der Waals surface area contributed by atoms with Crippen molar-refractivity contribution in [3.63, 3.8) is 0 Å². The predicted molar refractivity (Wildman–Crippen MR) is 94.1 cm³/mol. The van der Waals surface area contributed by atoms with E-state index in [9.17, 15) is 13.2 Å². The number of rotatable bonds is 5. The molecule has 0 amide bonds. The zero-order valence-corrected chi connectivity index (χ0v) is 15.9. The molecule has 10 heteroatoms. The molecule has 1 saturated carbocycles. The minimum absolute atomic E-state index is 0.0521. The van der Waals surface area contributed by atoms with Crippen molar-refractivity contribution in [2.75, 3.05) is 7.05 Å². The van der Waals surface area contributed by atoms with E-state index in [4.69, 9.17) is 0 Å². The molecule has 1 aliphatic heterocycles. The van der Waals surface area contributed by atoms with Crippen molar-refractivity contribution in [1.82, 2.24) is 28.2 Å². The van der Waals surface area contributed by atoms with Gasteiger partial charge in [-0.3, -0.25) is 4.57 Å². The molecule has 1 aliphatic carbocycles. The molecule has 0 radical (unpaired) electrons. The molecule has 0 aromatic carbocycles. The summed E-state index contributed by atoms with van der Waals surface area (Å²) in [5.74, 6) is 1.36. The molecular formula is C16H24N6O3S. The summed E-state index contributed by atoms with van der Waals surface area (Å²) in [4.78, 5) is 16.5. The second kappa shape index (κ2) is 6.34. The predicted octanol–water partition coefficient (Wildman–Crippen LogP) is 0.214. The Hall–Kier alpha value is -1.94. The van der Waals surface area contributed by atoms with E-state index >= 15 is 0 Å². The second-order valence-corrected chi connectivity index (χ2v) is 9.30. The third-order valence-corrected chi connectivity index (χ3v) is 7.15. The van der Waals surface area contributed by atoms with Crippen LogP contribution in [0.2, 0.25) is 0 Å². The van der Waals surface area contributed by atoms with Crippen LogP contribution in [-0.2, 0) is 36.6 Å². The van der Waals surface area contributed by atoms with Gasteiger partial charge in [-0.15, -0.1) is 0 Å². The van der Waals surface area contributed by atoms with E-state index in [0.717, 1.165) is 5.82 Å². The van der Waals surface area contributed by atoms with Crippen molar-refractivity contribution in [2.45, 2.75) is 56.3 Å². The van der Waals surface area contributed by atoms with Crippen LogP contribution in [0, 0.1) is 5.92 Å². The number of fused-ring (bicyclic) bond motifs is 1. The highest BCUT2D eigenvalue weighted by atomic mass is 32.2. The van der Waals surface area contributed by atoms with Crippen LogP contribution in [0.3, 0.4) is 0 Å². The molecule has 2 aromatic heterocycles. The number of sulfonamides is 1. The summed E-state index contributed by atoms with van der Waals surface area (Å²) in [6.07, 6.45) is 7.16. The zero-order chi connectivity index (χ0) is 18.5. The number of imidazole rings is 1. The lowest BCUT2D eigenvalue weighted by Gasteiger charge is -2.25. The summed E-state index contributed by atoms with van der Waals surface area (Å²) in [5, 5.41) is 4.54. The molecule has 0 spiro atoms. The normalized spacial score (nSPS) is 21.0. The van der Waals surface area contributed by atoms with Gasteiger partial charge in [0.2, 0.25) is 0 Å². The third-order valence-electron chi connectivity index (χ3n) is 5.35. The van der Waals surface area contributed by atoms with E-state index < -0.39 is 10.0 Å². The number of hydrogen-bond acceptors (Lipinski definition) is 5. The first-order chi connectivity index (χ1) is 12.4. The van der Waals surface area contributed by atoms with Crippen molar-refractivity contribution in [3.8, 4) is 0 Å². The van der Waals surface area contributed by atoms with Gasteiger partial charge in [-0.05, 0) is 31.6 Å². The van der Waals surface area contributed by atoms with Gasteiger partial charge in [-0.2, -0.15) is 9.40 Å². The second-order valence-electron chi connectivity index (χ2n) is 7.36. The van der Waals surface area contributed by atoms with Crippen LogP contribution >= 0.6 is 0 Å². The van der Waals surface area contributed by atoms with Crippen molar-refractivity contribution >= 4 is 10.0 Å². The molecule has 1 fully saturated rings. The first-order valence-electron chi connectivity index (χ1n) is 8.99. The SMILES string of the molecule is CN(C1CCc2nn(CC3CC3)c(=O)n2CC1)S(=O)(=O)c1cn(C)cn1. The minimum Gasteiger partial charge on any atom is -0.339 e. The Morgan fingerprint density at radius 1 is 1.27 bits per heavy atom. The molecule has 26 heavy (non-hydrogen) atoms. The summed E-state index contributed by atoms with van der Waals surface area (Å²) in [7, 11) is -0.311. The first kappa shape index (κ1) is 17.5. The van der Waals surface area contributed by atoms with Gasteiger partial charge >= 0.3 is 5.69 Å². The van der Waals surface area contributed by atoms with E-state index in [2.05, 4.69) is 10.1 Å². The van der Waals surface area contributed by atoms with Crippen LogP contribution in [0.1, 0.15) is 31.5 Å². The average molecular weight is 380 g/mol. The summed E-state index contributed by atoms with van der Waals surface area (Å²) in [5.41, 5.74) is -0.0669. The molecule has 142 valence electrons. The van der Waals surface area contributed by atoms with Crippen LogP contribution in [0.4, 0.5) is 0 Å².